The molecule has 0 saturated heterocycles. The van der Waals surface area contributed by atoms with Crippen LogP contribution in [0.2, 0.25) is 0 Å². The minimum Gasteiger partial charge on any atom is -0.330 e. The molecule has 10 heteroatoms. The summed E-state index contributed by atoms with van der Waals surface area (Å²) in [6, 6.07) is 10.1. The zero-order valence-electron chi connectivity index (χ0n) is 18.1. The number of aryl methyl sites for hydroxylation is 1. The molecule has 0 radical (unpaired) electrons. The third-order valence-electron chi connectivity index (χ3n) is 5.77. The fourth-order valence-electron chi connectivity index (χ4n) is 4.03. The molecule has 6 rings (SSSR count). The lowest BCUT2D eigenvalue weighted by Gasteiger charge is -2.33. The van der Waals surface area contributed by atoms with Crippen molar-refractivity contribution in [3.8, 4) is 5.69 Å². The molecule has 0 atom stereocenters. The Bertz CT molecular complexity index is 1390. The van der Waals surface area contributed by atoms with Crippen LogP contribution in [0.25, 0.3) is 22.2 Å². The van der Waals surface area contributed by atoms with Gasteiger partial charge in [-0.3, -0.25) is 5.10 Å². The second kappa shape index (κ2) is 8.36. The topological polar surface area (TPSA) is 103 Å². The molecule has 4 heterocycles. The van der Waals surface area contributed by atoms with Gasteiger partial charge >= 0.3 is 0 Å². The Labute approximate surface area is 188 Å². The van der Waals surface area contributed by atoms with E-state index in [0.29, 0.717) is 13.0 Å². The second-order valence-electron chi connectivity index (χ2n) is 8.51. The Hall–Kier alpha value is -3.66. The minimum atomic E-state index is -2.38. The van der Waals surface area contributed by atoms with Crippen LogP contribution in [0.15, 0.2) is 55.1 Å². The smallest absolute Gasteiger partial charge is 0.248 e. The summed E-state index contributed by atoms with van der Waals surface area (Å²) >= 11 is 0. The van der Waals surface area contributed by atoms with Crippen molar-refractivity contribution < 1.29 is 8.78 Å². The molecule has 0 aliphatic heterocycles. The molecular weight excluding hydrogens is 426 g/mol. The Kier molecular flexibility index (Phi) is 5.37. The molecule has 0 unspecified atom stereocenters. The number of hydrogen-bond acceptors (Lipinski definition) is 5. The van der Waals surface area contributed by atoms with Gasteiger partial charge in [0.25, 0.3) is 0 Å². The van der Waals surface area contributed by atoms with E-state index < -0.39 is 5.92 Å². The highest BCUT2D eigenvalue weighted by Crippen LogP contribution is 2.41. The SMILES string of the molecule is Cc1ccc2nc(Cc3cn(-c4cccc5[nH]ncc45)nn3)cn2c1.NCC1CC(F)(F)C1. The molecule has 4 aromatic heterocycles. The number of benzene rings is 1. The summed E-state index contributed by atoms with van der Waals surface area (Å²) in [5, 5.41) is 16.7. The van der Waals surface area contributed by atoms with Crippen LogP contribution in [0, 0.1) is 12.8 Å². The first-order valence-electron chi connectivity index (χ1n) is 10.8. The predicted octanol–water partition coefficient (Wildman–Crippen LogP) is 3.68. The fraction of sp³-hybridized carbons (Fsp3) is 0.304. The van der Waals surface area contributed by atoms with Gasteiger partial charge in [-0.25, -0.2) is 18.4 Å². The summed E-state index contributed by atoms with van der Waals surface area (Å²) in [4.78, 5) is 4.64. The Morgan fingerprint density at radius 2 is 1.97 bits per heavy atom. The van der Waals surface area contributed by atoms with E-state index >= 15 is 0 Å². The normalized spacial score (nSPS) is 15.4. The molecule has 1 aliphatic rings. The maximum Gasteiger partial charge on any atom is 0.248 e. The molecule has 3 N–H and O–H groups in total. The lowest BCUT2D eigenvalue weighted by Crippen LogP contribution is -2.39. The molecule has 8 nitrogen and oxygen atoms in total. The number of nitrogens with one attached hydrogen (secondary N) is 1. The van der Waals surface area contributed by atoms with Gasteiger partial charge < -0.3 is 10.1 Å². The van der Waals surface area contributed by atoms with Crippen LogP contribution in [-0.4, -0.2) is 47.0 Å². The second-order valence-corrected chi connectivity index (χ2v) is 8.51. The van der Waals surface area contributed by atoms with Crippen molar-refractivity contribution in [2.75, 3.05) is 6.54 Å². The largest absolute Gasteiger partial charge is 0.330 e. The van der Waals surface area contributed by atoms with Crippen molar-refractivity contribution in [1.82, 2.24) is 34.6 Å². The minimum absolute atomic E-state index is 0.00347. The molecule has 0 spiro atoms. The van der Waals surface area contributed by atoms with Crippen LogP contribution >= 0.6 is 0 Å². The number of H-pyrrole nitrogens is 1. The van der Waals surface area contributed by atoms with Gasteiger partial charge in [0.1, 0.15) is 5.65 Å². The van der Waals surface area contributed by atoms with Gasteiger partial charge in [-0.1, -0.05) is 17.3 Å². The summed E-state index contributed by atoms with van der Waals surface area (Å²) in [6.45, 7) is 2.48. The number of aromatic nitrogens is 7. The van der Waals surface area contributed by atoms with E-state index in [0.717, 1.165) is 33.6 Å². The number of pyridine rings is 1. The third-order valence-corrected chi connectivity index (χ3v) is 5.77. The zero-order chi connectivity index (χ0) is 23.0. The number of alkyl halides is 2. The van der Waals surface area contributed by atoms with E-state index in [1.165, 1.54) is 5.56 Å². The maximum atomic E-state index is 11.9. The average Bonchev–Trinajstić information content (AvgIpc) is 3.51. The number of nitrogens with two attached hydrogens (primary N) is 1. The van der Waals surface area contributed by atoms with Gasteiger partial charge in [-0.05, 0) is 43.1 Å². The number of nitrogens with zero attached hydrogens (tertiary/aromatic N) is 6. The molecule has 170 valence electrons. The summed E-state index contributed by atoms with van der Waals surface area (Å²) in [6.07, 6.45) is 8.50. The summed E-state index contributed by atoms with van der Waals surface area (Å²) < 4.78 is 27.7. The standard InChI is InChI=1S/C18H15N7.C5H9F2N/c1-12-5-6-18-20-13(10-24(18)9-12)7-14-11-25(23-21-14)17-4-2-3-16-15(17)8-19-22-16;6-5(7)1-4(2-5)3-8/h2-6,8-11H,7H2,1H3,(H,19,22);4H,1-3,8H2. The highest BCUT2D eigenvalue weighted by molar-refractivity contribution is 5.86. The van der Waals surface area contributed by atoms with Crippen LogP contribution in [0.4, 0.5) is 8.78 Å². The first-order valence-corrected chi connectivity index (χ1v) is 10.8. The average molecular weight is 450 g/mol. The van der Waals surface area contributed by atoms with Crippen LogP contribution in [0.3, 0.4) is 0 Å². The quantitative estimate of drug-likeness (QED) is 0.435. The van der Waals surface area contributed by atoms with Gasteiger partial charge in [0.05, 0.1) is 35.0 Å². The maximum absolute atomic E-state index is 11.9. The Morgan fingerprint density at radius 1 is 1.12 bits per heavy atom. The van der Waals surface area contributed by atoms with Crippen molar-refractivity contribution in [3.05, 3.63) is 72.1 Å². The molecular formula is C23H24F2N8. The van der Waals surface area contributed by atoms with Crippen molar-refractivity contribution in [1.29, 1.82) is 0 Å². The van der Waals surface area contributed by atoms with E-state index in [1.807, 2.05) is 41.1 Å². The van der Waals surface area contributed by atoms with Crippen LogP contribution < -0.4 is 5.73 Å². The molecule has 1 saturated carbocycles. The number of aromatic amines is 1. The molecule has 1 aliphatic carbocycles. The molecule has 0 amide bonds. The first-order chi connectivity index (χ1) is 15.9. The molecule has 1 aromatic carbocycles. The highest BCUT2D eigenvalue weighted by Gasteiger charge is 2.44. The van der Waals surface area contributed by atoms with Gasteiger partial charge in [-0.2, -0.15) is 5.10 Å². The first kappa shape index (κ1) is 21.2. The zero-order valence-corrected chi connectivity index (χ0v) is 18.1. The number of halogens is 2. The summed E-state index contributed by atoms with van der Waals surface area (Å²) in [5.74, 6) is -2.30. The number of hydrogen-bond donors (Lipinski definition) is 2. The number of fused-ring (bicyclic) bond motifs is 2. The predicted molar refractivity (Wildman–Crippen MR) is 120 cm³/mol. The lowest BCUT2D eigenvalue weighted by atomic mass is 9.82. The van der Waals surface area contributed by atoms with E-state index in [-0.39, 0.29) is 18.8 Å². The van der Waals surface area contributed by atoms with Crippen LogP contribution in [-0.2, 0) is 6.42 Å². The van der Waals surface area contributed by atoms with Crippen molar-refractivity contribution in [2.24, 2.45) is 11.7 Å². The molecule has 5 aromatic rings. The van der Waals surface area contributed by atoms with Crippen LogP contribution in [0.5, 0.6) is 0 Å². The van der Waals surface area contributed by atoms with Crippen LogP contribution in [0.1, 0.15) is 29.8 Å². The van der Waals surface area contributed by atoms with E-state index in [9.17, 15) is 8.78 Å². The Morgan fingerprint density at radius 3 is 2.73 bits per heavy atom. The number of imidazole rings is 1. The van der Waals surface area contributed by atoms with Gasteiger partial charge in [-0.15, -0.1) is 5.10 Å². The lowest BCUT2D eigenvalue weighted by molar-refractivity contribution is -0.107. The van der Waals surface area contributed by atoms with Gasteiger partial charge in [0.15, 0.2) is 0 Å². The monoisotopic (exact) mass is 450 g/mol. The molecule has 33 heavy (non-hydrogen) atoms. The van der Waals surface area contributed by atoms with Crippen molar-refractivity contribution >= 4 is 16.6 Å². The van der Waals surface area contributed by atoms with E-state index in [1.54, 1.807) is 10.9 Å². The highest BCUT2D eigenvalue weighted by atomic mass is 19.3. The van der Waals surface area contributed by atoms with Crippen molar-refractivity contribution in [3.63, 3.8) is 0 Å². The summed E-state index contributed by atoms with van der Waals surface area (Å²) in [7, 11) is 0. The third kappa shape index (κ3) is 4.47. The van der Waals surface area contributed by atoms with Gasteiger partial charge in [0, 0.05) is 37.0 Å². The Balaban J connectivity index is 0.000000243. The van der Waals surface area contributed by atoms with E-state index in [4.69, 9.17) is 5.73 Å². The molecule has 1 fully saturated rings. The summed E-state index contributed by atoms with van der Waals surface area (Å²) in [5.41, 5.74) is 11.0. The fourth-order valence-corrected chi connectivity index (χ4v) is 4.03. The van der Waals surface area contributed by atoms with Crippen molar-refractivity contribution in [2.45, 2.75) is 32.1 Å². The molecule has 0 bridgehead atoms. The number of rotatable bonds is 4. The van der Waals surface area contributed by atoms with E-state index in [2.05, 4.69) is 44.7 Å². The van der Waals surface area contributed by atoms with Gasteiger partial charge in [0.2, 0.25) is 5.92 Å².